The Morgan fingerprint density at radius 3 is 2.31 bits per heavy atom. The first kappa shape index (κ1) is 22.7. The summed E-state index contributed by atoms with van der Waals surface area (Å²) in [6.07, 6.45) is 2.69. The summed E-state index contributed by atoms with van der Waals surface area (Å²) in [5, 5.41) is 0. The van der Waals surface area contributed by atoms with Gasteiger partial charge in [0.2, 0.25) is 5.91 Å². The van der Waals surface area contributed by atoms with Crippen LogP contribution in [0.1, 0.15) is 41.4 Å². The Kier molecular flexibility index (Phi) is 8.93. The highest BCUT2D eigenvalue weighted by molar-refractivity contribution is 5.95. The van der Waals surface area contributed by atoms with Crippen LogP contribution < -0.4 is 4.90 Å². The van der Waals surface area contributed by atoms with E-state index in [1.807, 2.05) is 42.2 Å². The Morgan fingerprint density at radius 2 is 1.72 bits per heavy atom. The van der Waals surface area contributed by atoms with Crippen molar-refractivity contribution in [3.05, 3.63) is 59.5 Å². The number of benzene rings is 1. The van der Waals surface area contributed by atoms with Gasteiger partial charge >= 0.3 is 0 Å². The molecular weight excluding hydrogens is 366 g/mol. The number of amides is 2. The highest BCUT2D eigenvalue weighted by Gasteiger charge is 2.21. The zero-order chi connectivity index (χ0) is 21.2. The van der Waals surface area contributed by atoms with Gasteiger partial charge in [-0.2, -0.15) is 0 Å². The highest BCUT2D eigenvalue weighted by Crippen LogP contribution is 2.13. The summed E-state index contributed by atoms with van der Waals surface area (Å²) in [6, 6.07) is 11.7. The van der Waals surface area contributed by atoms with Crippen LogP contribution in [0.25, 0.3) is 0 Å². The minimum absolute atomic E-state index is 0.0711. The summed E-state index contributed by atoms with van der Waals surface area (Å²) in [4.78, 5) is 30.8. The summed E-state index contributed by atoms with van der Waals surface area (Å²) in [5.41, 5.74) is 1.69. The van der Waals surface area contributed by atoms with Gasteiger partial charge in [-0.1, -0.05) is 37.3 Å². The molecule has 2 rings (SSSR count). The third-order valence-electron chi connectivity index (χ3n) is 4.92. The Balaban J connectivity index is 2.03. The predicted molar refractivity (Wildman–Crippen MR) is 114 cm³/mol. The molecule has 1 heterocycles. The standard InChI is InChI=1S/C23H33N3O3/c1-5-13-25(23(28)21-12-17-29-19(21)2)14-11-22(27)26(16-15-24(3)4)18-20-9-7-6-8-10-20/h6-10,12,17H,5,11,13-16,18H2,1-4H3/p+1. The quantitative estimate of drug-likeness (QED) is 0.628. The molecule has 29 heavy (non-hydrogen) atoms. The molecule has 0 aliphatic carbocycles. The van der Waals surface area contributed by atoms with E-state index < -0.39 is 0 Å². The number of rotatable bonds is 11. The second kappa shape index (κ2) is 11.4. The number of nitrogens with one attached hydrogen (secondary N) is 1. The van der Waals surface area contributed by atoms with Crippen molar-refractivity contribution in [3.8, 4) is 0 Å². The summed E-state index contributed by atoms with van der Waals surface area (Å²) in [5.74, 6) is 0.619. The van der Waals surface area contributed by atoms with Crippen LogP contribution in [-0.4, -0.2) is 61.9 Å². The van der Waals surface area contributed by atoms with Crippen molar-refractivity contribution >= 4 is 11.8 Å². The lowest BCUT2D eigenvalue weighted by Crippen LogP contribution is -3.06. The zero-order valence-corrected chi connectivity index (χ0v) is 18.1. The lowest BCUT2D eigenvalue weighted by molar-refractivity contribution is -0.857. The summed E-state index contributed by atoms with van der Waals surface area (Å²) in [6.45, 7) is 7.02. The van der Waals surface area contributed by atoms with E-state index >= 15 is 0 Å². The van der Waals surface area contributed by atoms with Crippen molar-refractivity contribution in [2.45, 2.75) is 33.2 Å². The van der Waals surface area contributed by atoms with E-state index in [2.05, 4.69) is 14.1 Å². The fraction of sp³-hybridized carbons (Fsp3) is 0.478. The van der Waals surface area contributed by atoms with Gasteiger partial charge in [0, 0.05) is 26.1 Å². The number of aryl methyl sites for hydroxylation is 1. The van der Waals surface area contributed by atoms with Gasteiger partial charge < -0.3 is 19.1 Å². The number of quaternary nitrogens is 1. The van der Waals surface area contributed by atoms with Crippen molar-refractivity contribution in [2.75, 3.05) is 40.3 Å². The van der Waals surface area contributed by atoms with E-state index in [1.54, 1.807) is 17.9 Å². The molecule has 6 heteroatoms. The lowest BCUT2D eigenvalue weighted by atomic mass is 10.2. The Hall–Kier alpha value is -2.60. The largest absolute Gasteiger partial charge is 0.469 e. The van der Waals surface area contributed by atoms with Crippen LogP contribution in [0.3, 0.4) is 0 Å². The zero-order valence-electron chi connectivity index (χ0n) is 18.1. The average Bonchev–Trinajstić information content (AvgIpc) is 3.14. The monoisotopic (exact) mass is 400 g/mol. The van der Waals surface area contributed by atoms with Crippen LogP contribution in [-0.2, 0) is 11.3 Å². The second-order valence-corrected chi connectivity index (χ2v) is 7.69. The number of carbonyl (C=O) groups is 2. The molecule has 0 saturated heterocycles. The predicted octanol–water partition coefficient (Wildman–Crippen LogP) is 2.00. The van der Waals surface area contributed by atoms with Gasteiger partial charge in [-0.3, -0.25) is 9.59 Å². The molecule has 0 atom stereocenters. The van der Waals surface area contributed by atoms with E-state index in [0.717, 1.165) is 18.5 Å². The van der Waals surface area contributed by atoms with Gasteiger partial charge in [0.05, 0.1) is 39.0 Å². The van der Waals surface area contributed by atoms with Gasteiger partial charge in [-0.05, 0) is 25.0 Å². The third-order valence-corrected chi connectivity index (χ3v) is 4.92. The molecule has 6 nitrogen and oxygen atoms in total. The summed E-state index contributed by atoms with van der Waals surface area (Å²) in [7, 11) is 4.17. The molecule has 158 valence electrons. The van der Waals surface area contributed by atoms with Crippen LogP contribution in [0.4, 0.5) is 0 Å². The van der Waals surface area contributed by atoms with Crippen LogP contribution in [0, 0.1) is 6.92 Å². The van der Waals surface area contributed by atoms with Gasteiger partial charge in [0.15, 0.2) is 0 Å². The van der Waals surface area contributed by atoms with Crippen molar-refractivity contribution in [2.24, 2.45) is 0 Å². The van der Waals surface area contributed by atoms with E-state index in [1.165, 1.54) is 11.2 Å². The van der Waals surface area contributed by atoms with Gasteiger partial charge in [-0.25, -0.2) is 0 Å². The van der Waals surface area contributed by atoms with Crippen molar-refractivity contribution in [3.63, 3.8) is 0 Å². The minimum Gasteiger partial charge on any atom is -0.469 e. The lowest BCUT2D eigenvalue weighted by Gasteiger charge is -2.26. The molecule has 2 aromatic rings. The molecule has 2 amide bonds. The molecular formula is C23H34N3O3+. The minimum atomic E-state index is -0.0711. The van der Waals surface area contributed by atoms with Crippen molar-refractivity contribution in [1.82, 2.24) is 9.80 Å². The third kappa shape index (κ3) is 7.06. The Labute approximate surface area is 174 Å². The summed E-state index contributed by atoms with van der Waals surface area (Å²) < 4.78 is 5.27. The molecule has 0 bridgehead atoms. The van der Waals surface area contributed by atoms with E-state index in [-0.39, 0.29) is 11.8 Å². The first-order valence-electron chi connectivity index (χ1n) is 10.4. The maximum atomic E-state index is 13.0. The van der Waals surface area contributed by atoms with Crippen LogP contribution >= 0.6 is 0 Å². The first-order chi connectivity index (χ1) is 13.9. The van der Waals surface area contributed by atoms with E-state index in [4.69, 9.17) is 4.42 Å². The number of hydrogen-bond donors (Lipinski definition) is 1. The Morgan fingerprint density at radius 1 is 1.00 bits per heavy atom. The van der Waals surface area contributed by atoms with Gasteiger partial charge in [0.25, 0.3) is 5.91 Å². The smallest absolute Gasteiger partial charge is 0.257 e. The normalized spacial score (nSPS) is 10.9. The number of carbonyl (C=O) groups excluding carboxylic acids is 2. The van der Waals surface area contributed by atoms with Crippen molar-refractivity contribution in [1.29, 1.82) is 0 Å². The van der Waals surface area contributed by atoms with Gasteiger partial charge in [0.1, 0.15) is 5.76 Å². The number of furan rings is 1. The molecule has 0 radical (unpaired) electrons. The number of hydrogen-bond acceptors (Lipinski definition) is 3. The molecule has 0 unspecified atom stereocenters. The highest BCUT2D eigenvalue weighted by atomic mass is 16.3. The van der Waals surface area contributed by atoms with Crippen LogP contribution in [0.15, 0.2) is 47.1 Å². The fourth-order valence-corrected chi connectivity index (χ4v) is 3.21. The molecule has 0 aliphatic rings. The summed E-state index contributed by atoms with van der Waals surface area (Å²) >= 11 is 0. The molecule has 0 aliphatic heterocycles. The number of nitrogens with zero attached hydrogens (tertiary/aromatic N) is 2. The molecule has 0 spiro atoms. The molecule has 1 aromatic heterocycles. The second-order valence-electron chi connectivity index (χ2n) is 7.69. The van der Waals surface area contributed by atoms with E-state index in [9.17, 15) is 9.59 Å². The molecule has 0 fully saturated rings. The average molecular weight is 401 g/mol. The number of likely N-dealkylation sites (N-methyl/N-ethyl adjacent to an activating group) is 1. The van der Waals surface area contributed by atoms with Crippen LogP contribution in [0.5, 0.6) is 0 Å². The van der Waals surface area contributed by atoms with E-state index in [0.29, 0.717) is 43.9 Å². The molecule has 1 N–H and O–H groups in total. The SMILES string of the molecule is CCCN(CCC(=O)N(CC[NH+](C)C)Cc1ccccc1)C(=O)c1ccoc1C. The molecule has 0 saturated carbocycles. The van der Waals surface area contributed by atoms with Gasteiger partial charge in [-0.15, -0.1) is 0 Å². The van der Waals surface area contributed by atoms with Crippen molar-refractivity contribution < 1.29 is 18.9 Å². The Bertz CT molecular complexity index is 771. The first-order valence-corrected chi connectivity index (χ1v) is 10.4. The maximum Gasteiger partial charge on any atom is 0.257 e. The molecule has 1 aromatic carbocycles. The maximum absolute atomic E-state index is 13.0. The fourth-order valence-electron chi connectivity index (χ4n) is 3.21. The topological polar surface area (TPSA) is 58.2 Å². The van der Waals surface area contributed by atoms with Crippen LogP contribution in [0.2, 0.25) is 0 Å².